The molecular weight excluding hydrogens is 230 g/mol. The van der Waals surface area contributed by atoms with Gasteiger partial charge in [-0.05, 0) is 11.8 Å². The Bertz CT molecular complexity index is 323. The van der Waals surface area contributed by atoms with Gasteiger partial charge in [-0.1, -0.05) is 27.7 Å². The van der Waals surface area contributed by atoms with Crippen LogP contribution in [0.5, 0.6) is 0 Å². The van der Waals surface area contributed by atoms with Crippen LogP contribution in [0.2, 0.25) is 0 Å². The van der Waals surface area contributed by atoms with Gasteiger partial charge in [0.1, 0.15) is 6.04 Å². The third-order valence-corrected chi connectivity index (χ3v) is 3.54. The molecule has 2 atom stereocenters. The van der Waals surface area contributed by atoms with Crippen LogP contribution in [0.25, 0.3) is 0 Å². The molecule has 3 N–H and O–H groups in total. The van der Waals surface area contributed by atoms with Crippen LogP contribution in [-0.2, 0) is 9.59 Å². The van der Waals surface area contributed by atoms with Crippen LogP contribution >= 0.6 is 0 Å². The van der Waals surface area contributed by atoms with Crippen molar-refractivity contribution in [1.82, 2.24) is 10.2 Å². The molecule has 0 aromatic heterocycles. The highest BCUT2D eigenvalue weighted by Gasteiger charge is 2.33. The maximum Gasteiger partial charge on any atom is 0.242 e. The van der Waals surface area contributed by atoms with Crippen molar-refractivity contribution in [2.45, 2.75) is 52.6 Å². The molecule has 0 saturated carbocycles. The number of amides is 2. The Morgan fingerprint density at radius 3 is 2.67 bits per heavy atom. The molecule has 0 spiro atoms. The van der Waals surface area contributed by atoms with Crippen molar-refractivity contribution < 1.29 is 9.59 Å². The number of piperazine rings is 1. The topological polar surface area (TPSA) is 75.4 Å². The van der Waals surface area contributed by atoms with E-state index in [-0.39, 0.29) is 29.3 Å². The first-order chi connectivity index (χ1) is 8.27. The summed E-state index contributed by atoms with van der Waals surface area (Å²) in [5.74, 6) is -0.0689. The van der Waals surface area contributed by atoms with Gasteiger partial charge in [0, 0.05) is 25.6 Å². The molecule has 5 nitrogen and oxygen atoms in total. The molecule has 5 heteroatoms. The van der Waals surface area contributed by atoms with Crippen molar-refractivity contribution >= 4 is 11.8 Å². The molecule has 18 heavy (non-hydrogen) atoms. The van der Waals surface area contributed by atoms with Crippen LogP contribution in [0.4, 0.5) is 0 Å². The van der Waals surface area contributed by atoms with Gasteiger partial charge in [-0.2, -0.15) is 0 Å². The highest BCUT2D eigenvalue weighted by molar-refractivity contribution is 5.88. The van der Waals surface area contributed by atoms with Crippen molar-refractivity contribution in [3.05, 3.63) is 0 Å². The number of nitrogens with zero attached hydrogens (tertiary/aromatic N) is 1. The fourth-order valence-corrected chi connectivity index (χ4v) is 2.03. The van der Waals surface area contributed by atoms with Crippen molar-refractivity contribution in [3.63, 3.8) is 0 Å². The van der Waals surface area contributed by atoms with E-state index in [0.29, 0.717) is 25.9 Å². The molecule has 0 bridgehead atoms. The fourth-order valence-electron chi connectivity index (χ4n) is 2.03. The zero-order valence-corrected chi connectivity index (χ0v) is 11.8. The van der Waals surface area contributed by atoms with E-state index >= 15 is 0 Å². The largest absolute Gasteiger partial charge is 0.353 e. The lowest BCUT2D eigenvalue weighted by Crippen LogP contribution is -2.57. The predicted molar refractivity (Wildman–Crippen MR) is 70.8 cm³/mol. The van der Waals surface area contributed by atoms with E-state index in [1.54, 1.807) is 4.90 Å². The molecule has 0 radical (unpaired) electrons. The van der Waals surface area contributed by atoms with E-state index in [9.17, 15) is 9.59 Å². The SMILES string of the molecule is CCC1C(=O)NCCN1C(=O)CC(N)C(C)(C)C. The van der Waals surface area contributed by atoms with Gasteiger partial charge in [-0.25, -0.2) is 0 Å². The molecule has 0 aliphatic carbocycles. The van der Waals surface area contributed by atoms with Gasteiger partial charge in [0.15, 0.2) is 0 Å². The summed E-state index contributed by atoms with van der Waals surface area (Å²) < 4.78 is 0. The molecule has 104 valence electrons. The summed E-state index contributed by atoms with van der Waals surface area (Å²) in [5.41, 5.74) is 5.93. The van der Waals surface area contributed by atoms with Crippen molar-refractivity contribution in [1.29, 1.82) is 0 Å². The molecule has 0 aromatic carbocycles. The maximum absolute atomic E-state index is 12.2. The first kappa shape index (κ1) is 15.0. The average molecular weight is 255 g/mol. The Morgan fingerprint density at radius 2 is 2.17 bits per heavy atom. The van der Waals surface area contributed by atoms with Crippen LogP contribution in [0.3, 0.4) is 0 Å². The molecule has 1 aliphatic heterocycles. The van der Waals surface area contributed by atoms with E-state index in [2.05, 4.69) is 5.32 Å². The van der Waals surface area contributed by atoms with Gasteiger partial charge in [0.05, 0.1) is 0 Å². The molecule has 1 rings (SSSR count). The molecule has 1 aliphatic rings. The second kappa shape index (κ2) is 5.69. The number of carbonyl (C=O) groups is 2. The Kier molecular flexibility index (Phi) is 4.73. The first-order valence-corrected chi connectivity index (χ1v) is 6.60. The summed E-state index contributed by atoms with van der Waals surface area (Å²) in [6, 6.07) is -0.522. The third kappa shape index (κ3) is 3.45. The Labute approximate surface area is 109 Å². The smallest absolute Gasteiger partial charge is 0.242 e. The molecule has 0 aromatic rings. The monoisotopic (exact) mass is 255 g/mol. The van der Waals surface area contributed by atoms with Crippen molar-refractivity contribution in [3.8, 4) is 0 Å². The fraction of sp³-hybridized carbons (Fsp3) is 0.846. The highest BCUT2D eigenvalue weighted by Crippen LogP contribution is 2.21. The van der Waals surface area contributed by atoms with Gasteiger partial charge in [-0.15, -0.1) is 0 Å². The lowest BCUT2D eigenvalue weighted by molar-refractivity contribution is -0.144. The van der Waals surface area contributed by atoms with E-state index < -0.39 is 0 Å². The maximum atomic E-state index is 12.2. The highest BCUT2D eigenvalue weighted by atomic mass is 16.2. The van der Waals surface area contributed by atoms with Gasteiger partial charge >= 0.3 is 0 Å². The molecule has 2 amide bonds. The number of nitrogens with one attached hydrogen (secondary N) is 1. The lowest BCUT2D eigenvalue weighted by Gasteiger charge is -2.36. The van der Waals surface area contributed by atoms with Crippen LogP contribution in [0.15, 0.2) is 0 Å². The van der Waals surface area contributed by atoms with Crippen LogP contribution in [0.1, 0.15) is 40.5 Å². The van der Waals surface area contributed by atoms with Crippen LogP contribution in [0, 0.1) is 5.41 Å². The van der Waals surface area contributed by atoms with E-state index in [1.807, 2.05) is 27.7 Å². The van der Waals surface area contributed by atoms with E-state index in [0.717, 1.165) is 0 Å². The quantitative estimate of drug-likeness (QED) is 0.770. The second-order valence-corrected chi connectivity index (χ2v) is 5.98. The van der Waals surface area contributed by atoms with Crippen LogP contribution < -0.4 is 11.1 Å². The summed E-state index contributed by atoms with van der Waals surface area (Å²) >= 11 is 0. The average Bonchev–Trinajstić information content (AvgIpc) is 2.27. The van der Waals surface area contributed by atoms with Crippen LogP contribution in [-0.4, -0.2) is 41.9 Å². The third-order valence-electron chi connectivity index (χ3n) is 3.54. The van der Waals surface area contributed by atoms with E-state index in [4.69, 9.17) is 5.73 Å². The van der Waals surface area contributed by atoms with Gasteiger partial charge in [0.25, 0.3) is 0 Å². The number of hydrogen-bond donors (Lipinski definition) is 2. The summed E-state index contributed by atoms with van der Waals surface area (Å²) in [7, 11) is 0. The minimum absolute atomic E-state index is 0.0147. The zero-order chi connectivity index (χ0) is 13.9. The normalized spacial score (nSPS) is 22.6. The minimum atomic E-state index is -0.335. The van der Waals surface area contributed by atoms with Gasteiger partial charge < -0.3 is 16.0 Å². The lowest BCUT2D eigenvalue weighted by atomic mass is 9.85. The minimum Gasteiger partial charge on any atom is -0.353 e. The van der Waals surface area contributed by atoms with E-state index in [1.165, 1.54) is 0 Å². The summed E-state index contributed by atoms with van der Waals surface area (Å²) in [4.78, 5) is 25.6. The molecular formula is C13H25N3O2. The Morgan fingerprint density at radius 1 is 1.56 bits per heavy atom. The Hall–Kier alpha value is -1.10. The first-order valence-electron chi connectivity index (χ1n) is 6.60. The standard InChI is InChI=1S/C13H25N3O2/c1-5-9-12(18)15-6-7-16(9)11(17)8-10(14)13(2,3)4/h9-10H,5-8,14H2,1-4H3,(H,15,18). The number of carbonyl (C=O) groups excluding carboxylic acids is 2. The summed E-state index contributed by atoms with van der Waals surface area (Å²) in [6.07, 6.45) is 0.940. The molecule has 1 fully saturated rings. The Balaban J connectivity index is 2.68. The van der Waals surface area contributed by atoms with Gasteiger partial charge in [0.2, 0.25) is 11.8 Å². The molecule has 1 saturated heterocycles. The van der Waals surface area contributed by atoms with Gasteiger partial charge in [-0.3, -0.25) is 9.59 Å². The number of hydrogen-bond acceptors (Lipinski definition) is 3. The number of rotatable bonds is 3. The summed E-state index contributed by atoms with van der Waals surface area (Å²) in [6.45, 7) is 9.09. The molecule has 2 unspecified atom stereocenters. The zero-order valence-electron chi connectivity index (χ0n) is 11.8. The predicted octanol–water partition coefficient (Wildman–Crippen LogP) is 0.487. The number of nitrogens with two attached hydrogens (primary N) is 1. The second-order valence-electron chi connectivity index (χ2n) is 5.98. The molecule has 1 heterocycles. The van der Waals surface area contributed by atoms with Crippen molar-refractivity contribution in [2.75, 3.05) is 13.1 Å². The summed E-state index contributed by atoms with van der Waals surface area (Å²) in [5, 5.41) is 2.79. The van der Waals surface area contributed by atoms with Crippen molar-refractivity contribution in [2.24, 2.45) is 11.1 Å².